The monoisotopic (exact) mass is 617 g/mol. The van der Waals surface area contributed by atoms with Gasteiger partial charge in [0.15, 0.2) is 0 Å². The molecule has 3 unspecified atom stereocenters. The molecule has 3 aromatic carbocycles. The fourth-order valence-corrected chi connectivity index (χ4v) is 9.10. The van der Waals surface area contributed by atoms with Crippen LogP contribution < -0.4 is 5.73 Å². The molecule has 4 N–H and O–H groups in total. The third kappa shape index (κ3) is 7.80. The Kier molecular flexibility index (Phi) is 10.3. The maximum absolute atomic E-state index is 14.0. The summed E-state index contributed by atoms with van der Waals surface area (Å²) in [5.41, 5.74) is 6.52. The van der Waals surface area contributed by atoms with Crippen LogP contribution in [0.15, 0.2) is 77.7 Å². The van der Waals surface area contributed by atoms with E-state index in [-0.39, 0.29) is 35.4 Å². The lowest BCUT2D eigenvalue weighted by molar-refractivity contribution is -0.145. The topological polar surface area (TPSA) is 158 Å². The fourth-order valence-electron chi connectivity index (χ4n) is 4.62. The van der Waals surface area contributed by atoms with Crippen molar-refractivity contribution in [1.82, 2.24) is 9.21 Å². The van der Waals surface area contributed by atoms with Crippen molar-refractivity contribution >= 4 is 60.2 Å². The summed E-state index contributed by atoms with van der Waals surface area (Å²) in [5.74, 6) is -2.81. The van der Waals surface area contributed by atoms with Crippen LogP contribution >= 0.6 is 21.6 Å². The Balaban J connectivity index is 1.61. The number of hydrogen-bond donors (Lipinski definition) is 3. The molecule has 0 bridgehead atoms. The second-order valence-electron chi connectivity index (χ2n) is 9.67. The average Bonchev–Trinajstić information content (AvgIpc) is 3.40. The summed E-state index contributed by atoms with van der Waals surface area (Å²) in [6.07, 6.45) is 0.554. The van der Waals surface area contributed by atoms with Crippen molar-refractivity contribution in [3.8, 4) is 0 Å². The first kappa shape index (κ1) is 30.8. The van der Waals surface area contributed by atoms with Crippen LogP contribution in [0.4, 0.5) is 0 Å². The molecule has 1 saturated heterocycles. The Labute approximate surface area is 246 Å². The Hall–Kier alpha value is -3.10. The standard InChI is InChI=1S/C28H31N3O7S3/c29-24(28(35)36)18-39-40-22-15-25(27(34)30(17-26(32)33)13-12-19-6-2-1-3-7-19)31(16-22)41(37,38)23-11-10-20-8-4-5-9-21(20)14-23/h1-11,14,22,24-25H,12-13,15-18,29H2,(H,32,33)(H,35,36). The Morgan fingerprint density at radius 1 is 1.00 bits per heavy atom. The van der Waals surface area contributed by atoms with Gasteiger partial charge in [-0.2, -0.15) is 4.31 Å². The summed E-state index contributed by atoms with van der Waals surface area (Å²) >= 11 is 0. The van der Waals surface area contributed by atoms with Crippen molar-refractivity contribution in [2.75, 3.05) is 25.4 Å². The van der Waals surface area contributed by atoms with Crippen LogP contribution in [0.2, 0.25) is 0 Å². The van der Waals surface area contributed by atoms with Gasteiger partial charge in [-0.1, -0.05) is 82.3 Å². The lowest BCUT2D eigenvalue weighted by Crippen LogP contribution is -2.49. The third-order valence-corrected chi connectivity index (χ3v) is 11.5. The highest BCUT2D eigenvalue weighted by molar-refractivity contribution is 8.77. The van der Waals surface area contributed by atoms with Gasteiger partial charge in [-0.25, -0.2) is 8.42 Å². The number of fused-ring (bicyclic) bond motifs is 1. The second kappa shape index (κ2) is 13.7. The van der Waals surface area contributed by atoms with Gasteiger partial charge < -0.3 is 20.8 Å². The summed E-state index contributed by atoms with van der Waals surface area (Å²) in [5, 5.41) is 19.9. The number of nitrogens with zero attached hydrogens (tertiary/aromatic N) is 2. The predicted molar refractivity (Wildman–Crippen MR) is 160 cm³/mol. The van der Waals surface area contributed by atoms with Crippen molar-refractivity contribution in [3.05, 3.63) is 78.4 Å². The zero-order valence-electron chi connectivity index (χ0n) is 22.0. The molecule has 1 amide bonds. The second-order valence-corrected chi connectivity index (χ2v) is 14.3. The first-order valence-corrected chi connectivity index (χ1v) is 16.7. The number of benzene rings is 3. The van der Waals surface area contributed by atoms with Crippen molar-refractivity contribution in [2.45, 2.75) is 35.1 Å². The van der Waals surface area contributed by atoms with Crippen LogP contribution in [-0.2, 0) is 30.8 Å². The maximum atomic E-state index is 14.0. The molecule has 3 atom stereocenters. The molecule has 0 aromatic heterocycles. The van der Waals surface area contributed by atoms with Crippen molar-refractivity contribution in [1.29, 1.82) is 0 Å². The number of carboxylic acid groups (broad SMARTS) is 2. The minimum absolute atomic E-state index is 0.00510. The van der Waals surface area contributed by atoms with Crippen LogP contribution in [0, 0.1) is 0 Å². The van der Waals surface area contributed by atoms with Gasteiger partial charge in [0.1, 0.15) is 18.6 Å². The van der Waals surface area contributed by atoms with E-state index in [1.54, 1.807) is 18.2 Å². The molecule has 0 aliphatic carbocycles. The summed E-state index contributed by atoms with van der Waals surface area (Å²) in [6, 6.07) is 19.2. The van der Waals surface area contributed by atoms with Crippen LogP contribution in [0.1, 0.15) is 12.0 Å². The highest BCUT2D eigenvalue weighted by atomic mass is 33.1. The Bertz CT molecular complexity index is 1500. The van der Waals surface area contributed by atoms with Crippen LogP contribution in [0.5, 0.6) is 0 Å². The summed E-state index contributed by atoms with van der Waals surface area (Å²) in [6.45, 7) is -0.452. The quantitative estimate of drug-likeness (QED) is 0.244. The van der Waals surface area contributed by atoms with Gasteiger partial charge in [-0.15, -0.1) is 0 Å². The van der Waals surface area contributed by atoms with Crippen LogP contribution in [0.3, 0.4) is 0 Å². The van der Waals surface area contributed by atoms with E-state index >= 15 is 0 Å². The van der Waals surface area contributed by atoms with E-state index < -0.39 is 46.5 Å². The average molecular weight is 618 g/mol. The SMILES string of the molecule is NC(CSSC1CC(C(=O)N(CCc2ccccc2)CC(=O)O)N(S(=O)(=O)c2ccc3ccccc3c2)C1)C(=O)O. The number of hydrogen-bond acceptors (Lipinski definition) is 8. The molecule has 1 heterocycles. The molecule has 218 valence electrons. The van der Waals surface area contributed by atoms with Crippen molar-refractivity contribution in [2.24, 2.45) is 5.73 Å². The smallest absolute Gasteiger partial charge is 0.323 e. The number of carbonyl (C=O) groups is 3. The predicted octanol–water partition coefficient (Wildman–Crippen LogP) is 2.92. The number of rotatable bonds is 13. The van der Waals surface area contributed by atoms with Crippen molar-refractivity contribution in [3.63, 3.8) is 0 Å². The fraction of sp³-hybridized carbons (Fsp3) is 0.321. The van der Waals surface area contributed by atoms with E-state index in [9.17, 15) is 27.9 Å². The van der Waals surface area contributed by atoms with Gasteiger partial charge in [-0.3, -0.25) is 14.4 Å². The van der Waals surface area contributed by atoms with E-state index in [4.69, 9.17) is 10.8 Å². The highest BCUT2D eigenvalue weighted by Gasteiger charge is 2.46. The molecule has 0 saturated carbocycles. The molecule has 1 aliphatic rings. The van der Waals surface area contributed by atoms with E-state index in [0.29, 0.717) is 6.42 Å². The normalized spacial score (nSPS) is 18.3. The molecular weight excluding hydrogens is 587 g/mol. The van der Waals surface area contributed by atoms with Gasteiger partial charge in [0.2, 0.25) is 15.9 Å². The van der Waals surface area contributed by atoms with Crippen LogP contribution in [0.25, 0.3) is 10.8 Å². The number of amides is 1. The summed E-state index contributed by atoms with van der Waals surface area (Å²) in [4.78, 5) is 37.9. The molecular formula is C28H31N3O7S3. The van der Waals surface area contributed by atoms with Gasteiger partial charge in [0.25, 0.3) is 0 Å². The number of sulfonamides is 1. The first-order valence-electron chi connectivity index (χ1n) is 12.9. The maximum Gasteiger partial charge on any atom is 0.323 e. The highest BCUT2D eigenvalue weighted by Crippen LogP contribution is 2.39. The number of nitrogens with two attached hydrogens (primary N) is 1. The van der Waals surface area contributed by atoms with Gasteiger partial charge >= 0.3 is 11.9 Å². The van der Waals surface area contributed by atoms with Gasteiger partial charge in [-0.05, 0) is 41.3 Å². The van der Waals surface area contributed by atoms with Gasteiger partial charge in [0, 0.05) is 24.1 Å². The number of carboxylic acids is 2. The van der Waals surface area contributed by atoms with Crippen LogP contribution in [-0.4, -0.2) is 88.4 Å². The molecule has 4 rings (SSSR count). The molecule has 10 nitrogen and oxygen atoms in total. The van der Waals surface area contributed by atoms with Gasteiger partial charge in [0.05, 0.1) is 4.90 Å². The number of aliphatic carboxylic acids is 2. The van der Waals surface area contributed by atoms with E-state index in [1.807, 2.05) is 48.5 Å². The number of carbonyl (C=O) groups excluding carboxylic acids is 1. The molecule has 13 heteroatoms. The largest absolute Gasteiger partial charge is 0.480 e. The Morgan fingerprint density at radius 2 is 1.68 bits per heavy atom. The molecule has 3 aromatic rings. The lowest BCUT2D eigenvalue weighted by atomic mass is 10.1. The van der Waals surface area contributed by atoms with E-state index in [2.05, 4.69) is 0 Å². The molecule has 41 heavy (non-hydrogen) atoms. The lowest BCUT2D eigenvalue weighted by Gasteiger charge is -2.29. The van der Waals surface area contributed by atoms with E-state index in [0.717, 1.165) is 20.6 Å². The zero-order chi connectivity index (χ0) is 29.6. The zero-order valence-corrected chi connectivity index (χ0v) is 24.5. The first-order chi connectivity index (χ1) is 19.6. The summed E-state index contributed by atoms with van der Waals surface area (Å²) in [7, 11) is -1.65. The third-order valence-electron chi connectivity index (χ3n) is 6.75. The summed E-state index contributed by atoms with van der Waals surface area (Å²) < 4.78 is 29.1. The minimum atomic E-state index is -4.14. The minimum Gasteiger partial charge on any atom is -0.480 e. The van der Waals surface area contributed by atoms with E-state index in [1.165, 1.54) is 32.6 Å². The molecule has 0 radical (unpaired) electrons. The molecule has 1 aliphatic heterocycles. The molecule has 0 spiro atoms. The molecule has 1 fully saturated rings. The Morgan fingerprint density at radius 3 is 2.37 bits per heavy atom. The van der Waals surface area contributed by atoms with Crippen molar-refractivity contribution < 1.29 is 33.0 Å².